The molecule has 0 bridgehead atoms. The standard InChI is InChI=1S/C17H17FINO2/c1-11-6-7-16(14(18)8-11)22-10-13-12(9-17(21)20-2)4-3-5-15(13)19/h3-8H,9-10H2,1-2H3,(H,20,21). The number of hydrogen-bond donors (Lipinski definition) is 1. The molecule has 2 aromatic rings. The zero-order valence-corrected chi connectivity index (χ0v) is 14.6. The van der Waals surface area contributed by atoms with Gasteiger partial charge in [0.2, 0.25) is 5.91 Å². The van der Waals surface area contributed by atoms with Gasteiger partial charge in [0.25, 0.3) is 0 Å². The lowest BCUT2D eigenvalue weighted by Gasteiger charge is -2.13. The summed E-state index contributed by atoms with van der Waals surface area (Å²) >= 11 is 2.20. The van der Waals surface area contributed by atoms with Crippen molar-refractivity contribution in [1.29, 1.82) is 0 Å². The number of rotatable bonds is 5. The highest BCUT2D eigenvalue weighted by Gasteiger charge is 2.12. The molecule has 0 spiro atoms. The van der Waals surface area contributed by atoms with Crippen molar-refractivity contribution in [3.8, 4) is 5.75 Å². The summed E-state index contributed by atoms with van der Waals surface area (Å²) in [7, 11) is 1.61. The molecule has 0 saturated carbocycles. The quantitative estimate of drug-likeness (QED) is 0.761. The first-order valence-electron chi connectivity index (χ1n) is 6.87. The van der Waals surface area contributed by atoms with Crippen LogP contribution in [0.4, 0.5) is 4.39 Å². The minimum atomic E-state index is -0.376. The zero-order valence-electron chi connectivity index (χ0n) is 12.5. The number of likely N-dealkylation sites (N-methyl/N-ethyl adjacent to an activating group) is 1. The first-order chi connectivity index (χ1) is 10.5. The predicted molar refractivity (Wildman–Crippen MR) is 92.4 cm³/mol. The van der Waals surface area contributed by atoms with Gasteiger partial charge in [0.15, 0.2) is 11.6 Å². The van der Waals surface area contributed by atoms with Crippen molar-refractivity contribution < 1.29 is 13.9 Å². The van der Waals surface area contributed by atoms with Crippen molar-refractivity contribution in [1.82, 2.24) is 5.32 Å². The minimum absolute atomic E-state index is 0.0650. The van der Waals surface area contributed by atoms with Gasteiger partial charge in [-0.25, -0.2) is 4.39 Å². The molecule has 0 heterocycles. The Kier molecular flexibility index (Phi) is 5.76. The maximum Gasteiger partial charge on any atom is 0.224 e. The number of halogens is 2. The summed E-state index contributed by atoms with van der Waals surface area (Å²) in [5.41, 5.74) is 2.64. The summed E-state index contributed by atoms with van der Waals surface area (Å²) < 4.78 is 20.4. The Morgan fingerprint density at radius 3 is 2.77 bits per heavy atom. The molecule has 0 aliphatic heterocycles. The van der Waals surface area contributed by atoms with Crippen LogP contribution in [-0.2, 0) is 17.8 Å². The number of nitrogens with one attached hydrogen (secondary N) is 1. The van der Waals surface area contributed by atoms with Gasteiger partial charge in [0.05, 0.1) is 6.42 Å². The molecule has 2 rings (SSSR count). The van der Waals surface area contributed by atoms with Crippen LogP contribution in [0.15, 0.2) is 36.4 Å². The fourth-order valence-electron chi connectivity index (χ4n) is 2.06. The Balaban J connectivity index is 2.19. The van der Waals surface area contributed by atoms with Gasteiger partial charge in [-0.1, -0.05) is 18.2 Å². The maximum absolute atomic E-state index is 13.8. The van der Waals surface area contributed by atoms with Crippen LogP contribution < -0.4 is 10.1 Å². The SMILES string of the molecule is CNC(=O)Cc1cccc(I)c1COc1ccc(C)cc1F. The summed E-state index contributed by atoms with van der Waals surface area (Å²) in [6.45, 7) is 2.06. The van der Waals surface area contributed by atoms with Gasteiger partial charge in [-0.05, 0) is 58.8 Å². The van der Waals surface area contributed by atoms with Crippen LogP contribution >= 0.6 is 22.6 Å². The number of ether oxygens (including phenoxy) is 1. The van der Waals surface area contributed by atoms with Crippen molar-refractivity contribution in [2.75, 3.05) is 7.05 Å². The fraction of sp³-hybridized carbons (Fsp3) is 0.235. The second-order valence-corrected chi connectivity index (χ2v) is 6.11. The molecule has 3 nitrogen and oxygen atoms in total. The van der Waals surface area contributed by atoms with Gasteiger partial charge in [0.1, 0.15) is 6.61 Å². The van der Waals surface area contributed by atoms with Gasteiger partial charge in [-0.3, -0.25) is 4.79 Å². The van der Waals surface area contributed by atoms with Crippen molar-refractivity contribution in [3.05, 3.63) is 62.5 Å². The second-order valence-electron chi connectivity index (χ2n) is 4.95. The number of carbonyl (C=O) groups excluding carboxylic acids is 1. The number of hydrogen-bond acceptors (Lipinski definition) is 2. The van der Waals surface area contributed by atoms with Gasteiger partial charge < -0.3 is 10.1 Å². The number of benzene rings is 2. The molecule has 0 radical (unpaired) electrons. The van der Waals surface area contributed by atoms with Crippen molar-refractivity contribution in [2.24, 2.45) is 0 Å². The third-order valence-electron chi connectivity index (χ3n) is 3.31. The normalized spacial score (nSPS) is 10.4. The summed E-state index contributed by atoms with van der Waals surface area (Å²) in [6, 6.07) is 10.6. The van der Waals surface area contributed by atoms with Crippen LogP contribution in [0.1, 0.15) is 16.7 Å². The molecule has 0 atom stereocenters. The second kappa shape index (κ2) is 7.58. The van der Waals surface area contributed by atoms with Crippen LogP contribution in [0.25, 0.3) is 0 Å². The van der Waals surface area contributed by atoms with Gasteiger partial charge in [0, 0.05) is 16.2 Å². The Morgan fingerprint density at radius 1 is 1.32 bits per heavy atom. The molecule has 0 fully saturated rings. The van der Waals surface area contributed by atoms with Crippen LogP contribution in [-0.4, -0.2) is 13.0 Å². The topological polar surface area (TPSA) is 38.3 Å². The van der Waals surface area contributed by atoms with Crippen LogP contribution in [0.3, 0.4) is 0 Å². The molecule has 0 aliphatic rings. The van der Waals surface area contributed by atoms with E-state index in [4.69, 9.17) is 4.74 Å². The molecule has 0 saturated heterocycles. The first kappa shape index (κ1) is 16.7. The van der Waals surface area contributed by atoms with Crippen molar-refractivity contribution >= 4 is 28.5 Å². The van der Waals surface area contributed by atoms with E-state index < -0.39 is 0 Å². The van der Waals surface area contributed by atoms with E-state index in [2.05, 4.69) is 27.9 Å². The van der Waals surface area contributed by atoms with Gasteiger partial charge >= 0.3 is 0 Å². The maximum atomic E-state index is 13.8. The summed E-state index contributed by atoms with van der Waals surface area (Å²) in [4.78, 5) is 11.6. The highest BCUT2D eigenvalue weighted by molar-refractivity contribution is 14.1. The molecule has 1 amide bonds. The lowest BCUT2D eigenvalue weighted by atomic mass is 10.0. The van der Waals surface area contributed by atoms with Crippen LogP contribution in [0.5, 0.6) is 5.75 Å². The van der Waals surface area contributed by atoms with Gasteiger partial charge in [-0.2, -0.15) is 0 Å². The Hall–Kier alpha value is -1.63. The fourth-order valence-corrected chi connectivity index (χ4v) is 2.77. The monoisotopic (exact) mass is 413 g/mol. The lowest BCUT2D eigenvalue weighted by molar-refractivity contribution is -0.119. The van der Waals surface area contributed by atoms with E-state index in [0.717, 1.165) is 20.3 Å². The third kappa shape index (κ3) is 4.19. The third-order valence-corrected chi connectivity index (χ3v) is 4.32. The lowest BCUT2D eigenvalue weighted by Crippen LogP contribution is -2.21. The van der Waals surface area contributed by atoms with Crippen LogP contribution in [0, 0.1) is 16.3 Å². The first-order valence-corrected chi connectivity index (χ1v) is 7.95. The Morgan fingerprint density at radius 2 is 2.09 bits per heavy atom. The number of amides is 1. The van der Waals surface area contributed by atoms with Crippen molar-refractivity contribution in [2.45, 2.75) is 20.0 Å². The summed E-state index contributed by atoms with van der Waals surface area (Å²) in [6.07, 6.45) is 0.280. The van der Waals surface area contributed by atoms with E-state index in [1.807, 2.05) is 25.1 Å². The van der Waals surface area contributed by atoms with E-state index in [9.17, 15) is 9.18 Å². The molecule has 22 heavy (non-hydrogen) atoms. The van der Waals surface area contributed by atoms with Crippen molar-refractivity contribution in [3.63, 3.8) is 0 Å². The Bertz CT molecular complexity index is 688. The molecule has 116 valence electrons. The van der Waals surface area contributed by atoms with E-state index in [1.54, 1.807) is 19.2 Å². The largest absolute Gasteiger partial charge is 0.486 e. The van der Waals surface area contributed by atoms with E-state index in [1.165, 1.54) is 6.07 Å². The van der Waals surface area contributed by atoms with Crippen LogP contribution in [0.2, 0.25) is 0 Å². The van der Waals surface area contributed by atoms with E-state index >= 15 is 0 Å². The average molecular weight is 413 g/mol. The molecule has 1 N–H and O–H groups in total. The molecule has 0 aromatic heterocycles. The average Bonchev–Trinajstić information content (AvgIpc) is 2.48. The molecule has 0 unspecified atom stereocenters. The molecule has 5 heteroatoms. The zero-order chi connectivity index (χ0) is 16.1. The minimum Gasteiger partial charge on any atom is -0.486 e. The molecular formula is C17H17FINO2. The number of carbonyl (C=O) groups is 1. The van der Waals surface area contributed by atoms with E-state index in [-0.39, 0.29) is 30.5 Å². The van der Waals surface area contributed by atoms with Gasteiger partial charge in [-0.15, -0.1) is 0 Å². The van der Waals surface area contributed by atoms with E-state index in [0.29, 0.717) is 0 Å². The smallest absolute Gasteiger partial charge is 0.224 e. The molecule has 0 aliphatic carbocycles. The molecule has 2 aromatic carbocycles. The predicted octanol–water partition coefficient (Wildman–Crippen LogP) is 3.61. The Labute approximate surface area is 143 Å². The highest BCUT2D eigenvalue weighted by atomic mass is 127. The summed E-state index contributed by atoms with van der Waals surface area (Å²) in [5.74, 6) is -0.222. The highest BCUT2D eigenvalue weighted by Crippen LogP contribution is 2.23. The number of aryl methyl sites for hydroxylation is 1. The molecular weight excluding hydrogens is 396 g/mol. The summed E-state index contributed by atoms with van der Waals surface area (Å²) in [5, 5.41) is 2.61.